The first-order valence-corrected chi connectivity index (χ1v) is 10.3. The van der Waals surface area contributed by atoms with Crippen molar-refractivity contribution < 1.29 is 48.4 Å². The zero-order valence-electron chi connectivity index (χ0n) is 13.5. The highest BCUT2D eigenvalue weighted by molar-refractivity contribution is 7.72. The first-order valence-electron chi connectivity index (χ1n) is 7.07. The molecule has 1 heterocycles. The standard InChI is InChI=1S/C4H9NO.C3H11NO7P2.C3H7NO2/c1-3-6-4-2-5-1;4-2-1-3(5,12(6,7)8)13(9,10)11;4-2-1-3(5)6/h5H,1-4H2;5H,1-2,4H2,(H2,6,7,8)(H2,9,10,11);1-2,4H2,(H,5,6). The predicted octanol–water partition coefficient (Wildman–Crippen LogP) is -2.64. The summed E-state index contributed by atoms with van der Waals surface area (Å²) in [6, 6.07) is 0. The van der Waals surface area contributed by atoms with Crippen LogP contribution in [0.2, 0.25) is 0 Å². The van der Waals surface area contributed by atoms with Crippen molar-refractivity contribution in [1.82, 2.24) is 5.32 Å². The van der Waals surface area contributed by atoms with Crippen LogP contribution < -0.4 is 16.8 Å². The zero-order valence-corrected chi connectivity index (χ0v) is 15.3. The summed E-state index contributed by atoms with van der Waals surface area (Å²) in [4.78, 5) is 43.6. The van der Waals surface area contributed by atoms with E-state index in [0.717, 1.165) is 26.3 Å². The van der Waals surface area contributed by atoms with E-state index in [2.05, 4.69) is 5.32 Å². The normalized spacial score (nSPS) is 15.3. The lowest BCUT2D eigenvalue weighted by Gasteiger charge is -2.28. The van der Waals surface area contributed by atoms with Gasteiger partial charge in [0.2, 0.25) is 0 Å². The maximum atomic E-state index is 10.6. The molecule has 1 saturated heterocycles. The lowest BCUT2D eigenvalue weighted by atomic mass is 10.5. The molecule has 0 spiro atoms. The molecule has 152 valence electrons. The van der Waals surface area contributed by atoms with Gasteiger partial charge in [-0.05, 0) is 6.54 Å². The number of ether oxygens (including phenoxy) is 1. The molecule has 25 heavy (non-hydrogen) atoms. The minimum Gasteiger partial charge on any atom is -0.481 e. The number of nitrogens with two attached hydrogens (primary N) is 2. The molecule has 0 atom stereocenters. The molecule has 0 saturated carbocycles. The van der Waals surface area contributed by atoms with Gasteiger partial charge in [-0.1, -0.05) is 0 Å². The summed E-state index contributed by atoms with van der Waals surface area (Å²) < 4.78 is 26.2. The maximum absolute atomic E-state index is 10.6. The highest BCUT2D eigenvalue weighted by atomic mass is 31.2. The number of rotatable bonds is 6. The summed E-state index contributed by atoms with van der Waals surface area (Å²) in [5.41, 5.74) is 9.71. The van der Waals surface area contributed by atoms with E-state index in [1.807, 2.05) is 0 Å². The number of carboxylic acid groups (broad SMARTS) is 1. The van der Waals surface area contributed by atoms with Crippen molar-refractivity contribution in [3.63, 3.8) is 0 Å². The first kappa shape index (κ1) is 26.8. The van der Waals surface area contributed by atoms with Crippen LogP contribution in [0.5, 0.6) is 0 Å². The fourth-order valence-electron chi connectivity index (χ4n) is 1.29. The number of hydrogen-bond donors (Lipinski definition) is 9. The van der Waals surface area contributed by atoms with E-state index in [1.165, 1.54) is 0 Å². The quantitative estimate of drug-likeness (QED) is 0.203. The number of hydrogen-bond acceptors (Lipinski definition) is 8. The van der Waals surface area contributed by atoms with Gasteiger partial charge in [0.05, 0.1) is 19.6 Å². The van der Waals surface area contributed by atoms with Crippen LogP contribution in [0.15, 0.2) is 0 Å². The third-order valence-corrected chi connectivity index (χ3v) is 6.49. The van der Waals surface area contributed by atoms with Crippen molar-refractivity contribution in [2.75, 3.05) is 39.4 Å². The Bertz CT molecular complexity index is 428. The molecule has 0 aromatic rings. The van der Waals surface area contributed by atoms with E-state index >= 15 is 0 Å². The average Bonchev–Trinajstić information content (AvgIpc) is 2.48. The monoisotopic (exact) mass is 411 g/mol. The van der Waals surface area contributed by atoms with Gasteiger partial charge in [0.25, 0.3) is 5.08 Å². The molecule has 1 aliphatic heterocycles. The van der Waals surface area contributed by atoms with Gasteiger partial charge in [0.1, 0.15) is 0 Å². The van der Waals surface area contributed by atoms with Gasteiger partial charge in [0, 0.05) is 26.1 Å². The third kappa shape index (κ3) is 11.7. The number of carboxylic acids is 1. The highest BCUT2D eigenvalue weighted by Gasteiger charge is 2.58. The van der Waals surface area contributed by atoms with Crippen molar-refractivity contribution in [2.24, 2.45) is 11.5 Å². The van der Waals surface area contributed by atoms with Crippen LogP contribution in [0, 0.1) is 0 Å². The van der Waals surface area contributed by atoms with Gasteiger partial charge >= 0.3 is 21.2 Å². The summed E-state index contributed by atoms with van der Waals surface area (Å²) in [7, 11) is -10.6. The average molecular weight is 411 g/mol. The molecule has 0 amide bonds. The van der Waals surface area contributed by atoms with Gasteiger partial charge in [-0.15, -0.1) is 0 Å². The Morgan fingerprint density at radius 3 is 1.56 bits per heavy atom. The summed E-state index contributed by atoms with van der Waals surface area (Å²) in [6.07, 6.45) is -0.804. The van der Waals surface area contributed by atoms with E-state index in [9.17, 15) is 13.9 Å². The van der Waals surface area contributed by atoms with Gasteiger partial charge in [-0.25, -0.2) is 0 Å². The highest BCUT2D eigenvalue weighted by Crippen LogP contribution is 2.68. The molecule has 0 bridgehead atoms. The Morgan fingerprint density at radius 2 is 1.48 bits per heavy atom. The molecule has 0 aliphatic carbocycles. The lowest BCUT2D eigenvalue weighted by Crippen LogP contribution is -2.31. The fourth-order valence-corrected chi connectivity index (χ4v) is 3.49. The van der Waals surface area contributed by atoms with Crippen LogP contribution in [-0.2, 0) is 18.7 Å². The maximum Gasteiger partial charge on any atom is 0.369 e. The minimum atomic E-state index is -5.31. The SMILES string of the molecule is C1COCCN1.NCCC(=O)O.NCCC(O)(P(=O)(O)O)P(=O)(O)O. The Balaban J connectivity index is 0. The molecule has 15 heteroatoms. The van der Waals surface area contributed by atoms with E-state index in [4.69, 9.17) is 46.0 Å². The summed E-state index contributed by atoms with van der Waals surface area (Å²) in [5, 5.41) is 16.7. The Kier molecular flexibility index (Phi) is 13.8. The first-order chi connectivity index (χ1) is 11.3. The van der Waals surface area contributed by atoms with Gasteiger partial charge in [0.15, 0.2) is 0 Å². The van der Waals surface area contributed by atoms with Crippen molar-refractivity contribution >= 4 is 21.2 Å². The number of nitrogens with one attached hydrogen (secondary N) is 1. The molecule has 0 aromatic heterocycles. The van der Waals surface area contributed by atoms with Gasteiger partial charge in [-0.3, -0.25) is 13.9 Å². The molecule has 1 fully saturated rings. The molecule has 1 aliphatic rings. The van der Waals surface area contributed by atoms with E-state index < -0.39 is 39.2 Å². The van der Waals surface area contributed by atoms with Crippen LogP contribution >= 0.6 is 15.2 Å². The minimum absolute atomic E-state index is 0.0694. The lowest BCUT2D eigenvalue weighted by molar-refractivity contribution is -0.136. The topological polar surface area (TPSA) is 246 Å². The summed E-state index contributed by atoms with van der Waals surface area (Å²) >= 11 is 0. The number of aliphatic hydroxyl groups is 1. The van der Waals surface area contributed by atoms with E-state index in [-0.39, 0.29) is 13.0 Å². The molecular weight excluding hydrogens is 384 g/mol. The van der Waals surface area contributed by atoms with E-state index in [0.29, 0.717) is 0 Å². The van der Waals surface area contributed by atoms with Crippen molar-refractivity contribution in [1.29, 1.82) is 0 Å². The molecule has 0 radical (unpaired) electrons. The second kappa shape index (κ2) is 12.8. The van der Waals surface area contributed by atoms with Crippen LogP contribution in [0.1, 0.15) is 12.8 Å². The molecule has 0 aromatic carbocycles. The van der Waals surface area contributed by atoms with Crippen molar-refractivity contribution in [3.8, 4) is 0 Å². The number of aliphatic carboxylic acids is 1. The second-order valence-corrected chi connectivity index (χ2v) is 8.70. The third-order valence-electron chi connectivity index (χ3n) is 2.62. The van der Waals surface area contributed by atoms with Crippen LogP contribution in [0.3, 0.4) is 0 Å². The second-order valence-electron chi connectivity index (χ2n) is 4.70. The fraction of sp³-hybridized carbons (Fsp3) is 0.900. The van der Waals surface area contributed by atoms with Gasteiger partial charge < -0.3 is 51.3 Å². The number of morpholine rings is 1. The molecule has 11 N–H and O–H groups in total. The van der Waals surface area contributed by atoms with Crippen LogP contribution in [-0.4, -0.2) is 80.2 Å². The van der Waals surface area contributed by atoms with Crippen molar-refractivity contribution in [3.05, 3.63) is 0 Å². The largest absolute Gasteiger partial charge is 0.481 e. The van der Waals surface area contributed by atoms with Gasteiger partial charge in [-0.2, -0.15) is 0 Å². The molecule has 13 nitrogen and oxygen atoms in total. The summed E-state index contributed by atoms with van der Waals surface area (Å²) in [6.45, 7) is 3.61. The number of carbonyl (C=O) groups is 1. The Labute approximate surface area is 144 Å². The smallest absolute Gasteiger partial charge is 0.369 e. The Morgan fingerprint density at radius 1 is 1.04 bits per heavy atom. The van der Waals surface area contributed by atoms with Crippen LogP contribution in [0.4, 0.5) is 0 Å². The van der Waals surface area contributed by atoms with E-state index in [1.54, 1.807) is 0 Å². The molecule has 1 rings (SSSR count). The van der Waals surface area contributed by atoms with Crippen LogP contribution in [0.25, 0.3) is 0 Å². The molecular formula is C10H27N3O10P2. The van der Waals surface area contributed by atoms with Crippen molar-refractivity contribution in [2.45, 2.75) is 17.9 Å². The predicted molar refractivity (Wildman–Crippen MR) is 87.7 cm³/mol. The summed E-state index contributed by atoms with van der Waals surface area (Å²) in [5.74, 6) is -0.836. The Hall–Kier alpha value is -0.430. The zero-order chi connectivity index (χ0) is 20.1. The molecule has 0 unspecified atom stereocenters.